The molecule has 1 aliphatic carbocycles. The predicted octanol–water partition coefficient (Wildman–Crippen LogP) is 3.57. The number of amides is 2. The zero-order valence-electron chi connectivity index (χ0n) is 22.3. The summed E-state index contributed by atoms with van der Waals surface area (Å²) in [6.45, 7) is 2.49. The molecule has 6 rings (SSSR count). The molecular weight excluding hydrogens is 480 g/mol. The monoisotopic (exact) mass is 518 g/mol. The molecule has 4 atom stereocenters. The number of carbonyl (C=O) groups excluding carboxylic acids is 2. The van der Waals surface area contributed by atoms with Crippen LogP contribution in [0.15, 0.2) is 47.5 Å². The highest BCUT2D eigenvalue weighted by atomic mass is 16.5. The minimum absolute atomic E-state index is 0.0502. The third-order valence-electron chi connectivity index (χ3n) is 8.45. The van der Waals surface area contributed by atoms with Gasteiger partial charge in [0.05, 0.1) is 30.1 Å². The van der Waals surface area contributed by atoms with Crippen molar-refractivity contribution < 1.29 is 19.4 Å². The highest BCUT2D eigenvalue weighted by Crippen LogP contribution is 2.37. The fourth-order valence-electron chi connectivity index (χ4n) is 6.26. The smallest absolute Gasteiger partial charge is 0.251 e. The number of carbonyl (C=O) groups is 2. The van der Waals surface area contributed by atoms with Crippen molar-refractivity contribution in [2.24, 2.45) is 10.7 Å². The summed E-state index contributed by atoms with van der Waals surface area (Å²) in [5, 5.41) is 13.9. The highest BCUT2D eigenvalue weighted by Gasteiger charge is 2.41. The summed E-state index contributed by atoms with van der Waals surface area (Å²) in [7, 11) is 1.62. The van der Waals surface area contributed by atoms with Gasteiger partial charge in [-0.15, -0.1) is 0 Å². The van der Waals surface area contributed by atoms with Gasteiger partial charge in [-0.05, 0) is 66.5 Å². The molecule has 0 saturated heterocycles. The first-order valence-electron chi connectivity index (χ1n) is 13.7. The summed E-state index contributed by atoms with van der Waals surface area (Å²) in [6.07, 6.45) is 4.96. The SMILES string of the molecule is CCC12CCCCc3ccc4c(c3)[C@@H](NC(=O)c3cccc(c3)[C@@H](CCOC)N(C(=O)C1)C(N)=N2)[C@H](O)C4. The Morgan fingerprint density at radius 2 is 2.05 bits per heavy atom. The average Bonchev–Trinajstić information content (AvgIpc) is 3.21. The molecule has 3 heterocycles. The van der Waals surface area contributed by atoms with Gasteiger partial charge in [0.1, 0.15) is 0 Å². The lowest BCUT2D eigenvalue weighted by Gasteiger charge is -2.40. The number of fused-ring (bicyclic) bond motifs is 5. The Morgan fingerprint density at radius 1 is 1.21 bits per heavy atom. The normalized spacial score (nSPS) is 27.5. The molecule has 4 aliphatic rings. The van der Waals surface area contributed by atoms with Crippen molar-refractivity contribution in [1.29, 1.82) is 0 Å². The molecule has 0 spiro atoms. The zero-order chi connectivity index (χ0) is 26.9. The summed E-state index contributed by atoms with van der Waals surface area (Å²) >= 11 is 0. The minimum atomic E-state index is -0.674. The van der Waals surface area contributed by atoms with E-state index in [0.717, 1.165) is 48.8 Å². The van der Waals surface area contributed by atoms with E-state index in [4.69, 9.17) is 15.5 Å². The van der Waals surface area contributed by atoms with Crippen LogP contribution in [0.25, 0.3) is 0 Å². The van der Waals surface area contributed by atoms with E-state index < -0.39 is 23.7 Å². The molecule has 8 nitrogen and oxygen atoms in total. The molecule has 38 heavy (non-hydrogen) atoms. The summed E-state index contributed by atoms with van der Waals surface area (Å²) in [5.41, 5.74) is 10.5. The van der Waals surface area contributed by atoms with Gasteiger partial charge < -0.3 is 20.9 Å². The van der Waals surface area contributed by atoms with Crippen LogP contribution >= 0.6 is 0 Å². The topological polar surface area (TPSA) is 117 Å². The summed E-state index contributed by atoms with van der Waals surface area (Å²) in [4.78, 5) is 33.6. The first-order valence-corrected chi connectivity index (χ1v) is 13.7. The van der Waals surface area contributed by atoms with Crippen LogP contribution in [0.3, 0.4) is 0 Å². The van der Waals surface area contributed by atoms with E-state index in [0.29, 0.717) is 31.4 Å². The molecule has 0 radical (unpaired) electrons. The van der Waals surface area contributed by atoms with Gasteiger partial charge >= 0.3 is 0 Å². The van der Waals surface area contributed by atoms with Crippen molar-refractivity contribution in [2.45, 2.75) is 82.0 Å². The van der Waals surface area contributed by atoms with E-state index in [1.165, 1.54) is 5.56 Å². The van der Waals surface area contributed by atoms with Crippen molar-refractivity contribution in [3.8, 4) is 0 Å². The lowest BCUT2D eigenvalue weighted by molar-refractivity contribution is -0.132. The van der Waals surface area contributed by atoms with Crippen molar-refractivity contribution >= 4 is 17.8 Å². The number of nitrogens with two attached hydrogens (primary N) is 1. The number of hydrogen-bond donors (Lipinski definition) is 3. The number of hydrogen-bond acceptors (Lipinski definition) is 6. The van der Waals surface area contributed by atoms with E-state index in [-0.39, 0.29) is 17.8 Å². The Kier molecular flexibility index (Phi) is 7.54. The van der Waals surface area contributed by atoms with Crippen LogP contribution in [0.2, 0.25) is 0 Å². The Labute approximate surface area is 224 Å². The molecule has 2 aromatic carbocycles. The number of methoxy groups -OCH3 is 1. The second-order valence-corrected chi connectivity index (χ2v) is 10.9. The summed E-state index contributed by atoms with van der Waals surface area (Å²) < 4.78 is 5.36. The van der Waals surface area contributed by atoms with Gasteiger partial charge in [0.15, 0.2) is 5.96 Å². The molecule has 1 unspecified atom stereocenters. The maximum absolute atomic E-state index is 13.6. The Bertz CT molecular complexity index is 1240. The first-order chi connectivity index (χ1) is 18.3. The second-order valence-electron chi connectivity index (χ2n) is 10.9. The molecule has 4 N–H and O–H groups in total. The van der Waals surface area contributed by atoms with E-state index >= 15 is 0 Å². The number of rotatable bonds is 4. The molecule has 0 saturated carbocycles. The number of nitrogens with zero attached hydrogens (tertiary/aromatic N) is 2. The molecule has 8 heteroatoms. The summed E-state index contributed by atoms with van der Waals surface area (Å²) in [6, 6.07) is 12.7. The third-order valence-corrected chi connectivity index (χ3v) is 8.45. The molecule has 3 aliphatic heterocycles. The number of nitrogens with one attached hydrogen (secondary N) is 1. The number of aliphatic hydroxyl groups is 1. The van der Waals surface area contributed by atoms with Gasteiger partial charge in [-0.25, -0.2) is 4.99 Å². The molecule has 0 fully saturated rings. The number of benzene rings is 2. The second kappa shape index (κ2) is 10.9. The van der Waals surface area contributed by atoms with Crippen molar-refractivity contribution in [3.05, 3.63) is 70.3 Å². The third kappa shape index (κ3) is 5.07. The van der Waals surface area contributed by atoms with E-state index in [9.17, 15) is 14.7 Å². The number of ether oxygens (including phenoxy) is 1. The van der Waals surface area contributed by atoms with Crippen LogP contribution < -0.4 is 11.1 Å². The van der Waals surface area contributed by atoms with E-state index in [1.54, 1.807) is 24.1 Å². The number of aliphatic hydroxyl groups excluding tert-OH is 1. The summed E-state index contributed by atoms with van der Waals surface area (Å²) in [5.74, 6) is -0.0856. The predicted molar refractivity (Wildman–Crippen MR) is 146 cm³/mol. The van der Waals surface area contributed by atoms with Crippen LogP contribution in [0.4, 0.5) is 0 Å². The van der Waals surface area contributed by atoms with Crippen LogP contribution in [-0.4, -0.2) is 53.1 Å². The van der Waals surface area contributed by atoms with Gasteiger partial charge in [0.25, 0.3) is 5.91 Å². The van der Waals surface area contributed by atoms with Crippen LogP contribution in [0, 0.1) is 0 Å². The molecule has 6 bridgehead atoms. The zero-order valence-corrected chi connectivity index (χ0v) is 22.3. The fourth-order valence-corrected chi connectivity index (χ4v) is 6.26. The molecule has 2 aromatic rings. The van der Waals surface area contributed by atoms with Crippen molar-refractivity contribution in [2.75, 3.05) is 13.7 Å². The molecule has 0 aromatic heterocycles. The van der Waals surface area contributed by atoms with Crippen molar-refractivity contribution in [1.82, 2.24) is 10.2 Å². The highest BCUT2D eigenvalue weighted by molar-refractivity contribution is 6.00. The maximum atomic E-state index is 13.6. The Hall–Kier alpha value is -3.23. The average molecular weight is 519 g/mol. The van der Waals surface area contributed by atoms with Crippen LogP contribution in [-0.2, 0) is 22.4 Å². The fraction of sp³-hybridized carbons (Fsp3) is 0.500. The van der Waals surface area contributed by atoms with Gasteiger partial charge in [-0.3, -0.25) is 14.5 Å². The van der Waals surface area contributed by atoms with Gasteiger partial charge in [0.2, 0.25) is 5.91 Å². The van der Waals surface area contributed by atoms with Gasteiger partial charge in [-0.2, -0.15) is 0 Å². The Morgan fingerprint density at radius 3 is 2.82 bits per heavy atom. The first kappa shape index (κ1) is 26.4. The Balaban J connectivity index is 1.57. The van der Waals surface area contributed by atoms with Gasteiger partial charge in [-0.1, -0.05) is 43.7 Å². The van der Waals surface area contributed by atoms with E-state index in [1.807, 2.05) is 12.1 Å². The number of aliphatic imine (C=N–C) groups is 1. The standard InChI is InChI=1S/C30H38N4O4/c1-3-30-13-5-4-7-19-10-11-20-17-25(35)27(23(20)15-19)32-28(37)22-9-6-8-21(16-22)24(12-14-38-2)34(26(36)18-30)29(31)33-30/h6,8-11,15-16,24-25,27,35H,3-5,7,12-14,17-18H2,1-2H3,(H2,31,33)(H,32,37)/t24-,25-,27-,30?/m1/s1. The number of guanidine groups is 1. The van der Waals surface area contributed by atoms with Gasteiger partial charge in [0, 0.05) is 25.7 Å². The molecule has 2 amide bonds. The van der Waals surface area contributed by atoms with E-state index in [2.05, 4.69) is 30.4 Å². The molecular formula is C30H38N4O4. The lowest BCUT2D eigenvalue weighted by atomic mass is 9.84. The largest absolute Gasteiger partial charge is 0.390 e. The minimum Gasteiger partial charge on any atom is -0.390 e. The van der Waals surface area contributed by atoms with Crippen molar-refractivity contribution in [3.63, 3.8) is 0 Å². The van der Waals surface area contributed by atoms with Crippen LogP contribution in [0.5, 0.6) is 0 Å². The van der Waals surface area contributed by atoms with Crippen LogP contribution in [0.1, 0.15) is 90.1 Å². The lowest BCUT2D eigenvalue weighted by Crippen LogP contribution is -2.53. The quantitative estimate of drug-likeness (QED) is 0.572. The molecule has 202 valence electrons. The maximum Gasteiger partial charge on any atom is 0.251 e. The number of aryl methyl sites for hydroxylation is 1.